The van der Waals surface area contributed by atoms with Gasteiger partial charge in [-0.25, -0.2) is 0 Å². The predicted octanol–water partition coefficient (Wildman–Crippen LogP) is 2.87. The van der Waals surface area contributed by atoms with Crippen molar-refractivity contribution in [2.75, 3.05) is 20.1 Å². The Kier molecular flexibility index (Phi) is 4.94. The summed E-state index contributed by atoms with van der Waals surface area (Å²) in [6.45, 7) is 2.19. The molecule has 1 aromatic rings. The molecule has 3 nitrogen and oxygen atoms in total. The van der Waals surface area contributed by atoms with Crippen LogP contribution in [0.2, 0.25) is 0 Å². The fourth-order valence-corrected chi connectivity index (χ4v) is 3.64. The summed E-state index contributed by atoms with van der Waals surface area (Å²) in [7, 11) is 1.91. The first-order valence-corrected chi connectivity index (χ1v) is 8.42. The quantitative estimate of drug-likeness (QED) is 0.595. The number of likely N-dealkylation sites (tertiary alicyclic amines) is 1. The van der Waals surface area contributed by atoms with Gasteiger partial charge in [-0.1, -0.05) is 42.0 Å². The van der Waals surface area contributed by atoms with E-state index in [-0.39, 0.29) is 0 Å². The van der Waals surface area contributed by atoms with E-state index in [0.717, 1.165) is 38.8 Å². The minimum absolute atomic E-state index is 0.418. The highest BCUT2D eigenvalue weighted by molar-refractivity contribution is 5.47. The van der Waals surface area contributed by atoms with Crippen molar-refractivity contribution in [1.29, 1.82) is 0 Å². The molecular formula is C19H26N2O. The first-order valence-electron chi connectivity index (χ1n) is 8.42. The van der Waals surface area contributed by atoms with Gasteiger partial charge in [0.25, 0.3) is 0 Å². The summed E-state index contributed by atoms with van der Waals surface area (Å²) in [5.41, 5.74) is 3.04. The Labute approximate surface area is 133 Å². The van der Waals surface area contributed by atoms with Gasteiger partial charge in [0.2, 0.25) is 6.41 Å². The molecule has 0 bridgehead atoms. The smallest absolute Gasteiger partial charge is 0.209 e. The number of nitrogens with zero attached hydrogens (tertiary/aromatic N) is 2. The third-order valence-corrected chi connectivity index (χ3v) is 5.22. The Morgan fingerprint density at radius 2 is 1.95 bits per heavy atom. The second-order valence-corrected chi connectivity index (χ2v) is 6.56. The largest absolute Gasteiger partial charge is 0.345 e. The van der Waals surface area contributed by atoms with Gasteiger partial charge in [0, 0.05) is 32.2 Å². The van der Waals surface area contributed by atoms with E-state index < -0.39 is 0 Å². The standard InChI is InChI=1S/C19H26N2O/c1-20(15-22)18-10-12-21(13-11-18)19(17-8-5-9-17)14-16-6-3-2-4-7-16/h2-4,6-8,15,18-19H,5,9-14H2,1H3. The summed E-state index contributed by atoms with van der Waals surface area (Å²) in [6, 6.07) is 11.8. The third kappa shape index (κ3) is 3.41. The van der Waals surface area contributed by atoms with Crippen LogP contribution in [0.4, 0.5) is 0 Å². The summed E-state index contributed by atoms with van der Waals surface area (Å²) >= 11 is 0. The Bertz CT molecular complexity index is 517. The molecule has 1 atom stereocenters. The van der Waals surface area contributed by atoms with Gasteiger partial charge in [-0.15, -0.1) is 0 Å². The van der Waals surface area contributed by atoms with Gasteiger partial charge in [0.15, 0.2) is 0 Å². The molecule has 1 heterocycles. The van der Waals surface area contributed by atoms with Gasteiger partial charge in [0.1, 0.15) is 0 Å². The van der Waals surface area contributed by atoms with Gasteiger partial charge in [-0.3, -0.25) is 9.69 Å². The number of carbonyl (C=O) groups excluding carboxylic acids is 1. The minimum Gasteiger partial charge on any atom is -0.345 e. The summed E-state index contributed by atoms with van der Waals surface area (Å²) < 4.78 is 0. The summed E-state index contributed by atoms with van der Waals surface area (Å²) in [6.07, 6.45) is 9.17. The maximum Gasteiger partial charge on any atom is 0.209 e. The molecule has 0 radical (unpaired) electrons. The van der Waals surface area contributed by atoms with Gasteiger partial charge in [-0.2, -0.15) is 0 Å². The van der Waals surface area contributed by atoms with E-state index in [1.54, 1.807) is 5.57 Å². The zero-order valence-electron chi connectivity index (χ0n) is 13.4. The van der Waals surface area contributed by atoms with E-state index in [0.29, 0.717) is 12.1 Å². The molecule has 0 N–H and O–H groups in total. The predicted molar refractivity (Wildman–Crippen MR) is 89.7 cm³/mol. The number of amides is 1. The molecular weight excluding hydrogens is 272 g/mol. The fourth-order valence-electron chi connectivity index (χ4n) is 3.64. The zero-order chi connectivity index (χ0) is 15.4. The summed E-state index contributed by atoms with van der Waals surface area (Å²) in [4.78, 5) is 15.4. The van der Waals surface area contributed by atoms with Crippen molar-refractivity contribution < 1.29 is 4.79 Å². The lowest BCUT2D eigenvalue weighted by Gasteiger charge is -2.42. The van der Waals surface area contributed by atoms with Crippen molar-refractivity contribution in [2.24, 2.45) is 0 Å². The summed E-state index contributed by atoms with van der Waals surface area (Å²) in [5.74, 6) is 0. The average Bonchev–Trinajstić information content (AvgIpc) is 2.53. The monoisotopic (exact) mass is 298 g/mol. The van der Waals surface area contributed by atoms with Crippen LogP contribution in [0.15, 0.2) is 42.0 Å². The van der Waals surface area contributed by atoms with Crippen molar-refractivity contribution in [3.8, 4) is 0 Å². The highest BCUT2D eigenvalue weighted by atomic mass is 16.1. The lowest BCUT2D eigenvalue weighted by Crippen LogP contribution is -2.48. The number of piperidine rings is 1. The number of rotatable bonds is 6. The highest BCUT2D eigenvalue weighted by Gasteiger charge is 2.29. The molecule has 3 rings (SSSR count). The maximum absolute atomic E-state index is 10.9. The van der Waals surface area contributed by atoms with Crippen LogP contribution in [0.25, 0.3) is 0 Å². The minimum atomic E-state index is 0.418. The third-order valence-electron chi connectivity index (χ3n) is 5.22. The van der Waals surface area contributed by atoms with Crippen LogP contribution in [-0.2, 0) is 11.2 Å². The first-order chi connectivity index (χ1) is 10.8. The molecule has 0 saturated carbocycles. The normalized spacial score (nSPS) is 20.9. The van der Waals surface area contributed by atoms with Crippen LogP contribution in [0.3, 0.4) is 0 Å². The van der Waals surface area contributed by atoms with Crippen LogP contribution < -0.4 is 0 Å². The van der Waals surface area contributed by atoms with Gasteiger partial charge in [0.05, 0.1) is 0 Å². The molecule has 0 aromatic heterocycles. The van der Waals surface area contributed by atoms with Crippen LogP contribution >= 0.6 is 0 Å². The molecule has 1 unspecified atom stereocenters. The Morgan fingerprint density at radius 3 is 2.50 bits per heavy atom. The van der Waals surface area contributed by atoms with E-state index in [2.05, 4.69) is 41.3 Å². The van der Waals surface area contributed by atoms with Crippen molar-refractivity contribution in [2.45, 2.75) is 44.2 Å². The molecule has 1 saturated heterocycles. The molecule has 118 valence electrons. The van der Waals surface area contributed by atoms with Gasteiger partial charge >= 0.3 is 0 Å². The second kappa shape index (κ2) is 7.10. The number of allylic oxidation sites excluding steroid dienone is 1. The Balaban J connectivity index is 1.65. The number of hydrogen-bond donors (Lipinski definition) is 0. The maximum atomic E-state index is 10.9. The second-order valence-electron chi connectivity index (χ2n) is 6.56. The lowest BCUT2D eigenvalue weighted by molar-refractivity contribution is -0.119. The molecule has 1 aromatic carbocycles. The summed E-state index contributed by atoms with van der Waals surface area (Å²) in [5, 5.41) is 0. The average molecular weight is 298 g/mol. The van der Waals surface area contributed by atoms with Gasteiger partial charge in [-0.05, 0) is 37.7 Å². The van der Waals surface area contributed by atoms with Crippen molar-refractivity contribution in [1.82, 2.24) is 9.80 Å². The number of benzene rings is 1. The van der Waals surface area contributed by atoms with Crippen molar-refractivity contribution in [3.05, 3.63) is 47.5 Å². The van der Waals surface area contributed by atoms with Crippen LogP contribution in [0, 0.1) is 0 Å². The fraction of sp³-hybridized carbons (Fsp3) is 0.526. The molecule has 1 aliphatic heterocycles. The van der Waals surface area contributed by atoms with E-state index in [1.165, 1.54) is 18.4 Å². The SMILES string of the molecule is CN(C=O)C1CCN(C(Cc2ccccc2)C2=CCC2)CC1. The van der Waals surface area contributed by atoms with Crippen molar-refractivity contribution >= 4 is 6.41 Å². The first kappa shape index (κ1) is 15.3. The Morgan fingerprint density at radius 1 is 1.27 bits per heavy atom. The highest BCUT2D eigenvalue weighted by Crippen LogP contribution is 2.30. The molecule has 2 aliphatic rings. The Hall–Kier alpha value is -1.61. The molecule has 1 fully saturated rings. The number of carbonyl (C=O) groups is 1. The number of hydrogen-bond acceptors (Lipinski definition) is 2. The zero-order valence-corrected chi connectivity index (χ0v) is 13.4. The molecule has 1 amide bonds. The molecule has 1 aliphatic carbocycles. The molecule has 0 spiro atoms. The van der Waals surface area contributed by atoms with E-state index in [4.69, 9.17) is 0 Å². The van der Waals surface area contributed by atoms with Crippen LogP contribution in [0.1, 0.15) is 31.2 Å². The molecule has 3 heteroatoms. The van der Waals surface area contributed by atoms with Gasteiger partial charge < -0.3 is 4.90 Å². The topological polar surface area (TPSA) is 23.6 Å². The van der Waals surface area contributed by atoms with E-state index in [9.17, 15) is 4.79 Å². The van der Waals surface area contributed by atoms with Crippen molar-refractivity contribution in [3.63, 3.8) is 0 Å². The van der Waals surface area contributed by atoms with E-state index >= 15 is 0 Å². The van der Waals surface area contributed by atoms with E-state index in [1.807, 2.05) is 11.9 Å². The van der Waals surface area contributed by atoms with Crippen LogP contribution in [0.5, 0.6) is 0 Å². The van der Waals surface area contributed by atoms with Crippen LogP contribution in [-0.4, -0.2) is 48.4 Å². The lowest BCUT2D eigenvalue weighted by atomic mass is 9.86. The molecule has 22 heavy (non-hydrogen) atoms.